The van der Waals surface area contributed by atoms with E-state index < -0.39 is 6.92 Å². The number of hydrogen-bond donors (Lipinski definition) is 1. The summed E-state index contributed by atoms with van der Waals surface area (Å²) in [5.41, 5.74) is 16.3. The molecule has 0 aliphatic rings. The molecule has 0 heterocycles. The van der Waals surface area contributed by atoms with Gasteiger partial charge in [-0.2, -0.15) is 0 Å². The van der Waals surface area contributed by atoms with E-state index >= 15 is 0 Å². The molecule has 0 aliphatic carbocycles. The van der Waals surface area contributed by atoms with Crippen LogP contribution in [0.3, 0.4) is 0 Å². The highest BCUT2D eigenvalue weighted by Gasteiger charge is 2.14. The second-order valence-corrected chi connectivity index (χ2v) is 13.5. The van der Waals surface area contributed by atoms with Gasteiger partial charge in [-0.25, -0.2) is 0 Å². The van der Waals surface area contributed by atoms with Gasteiger partial charge in [0.05, 0.1) is 0 Å². The number of hydrogen-bond acceptors (Lipinski definition) is 2. The van der Waals surface area contributed by atoms with E-state index in [1.54, 1.807) is 6.82 Å². The van der Waals surface area contributed by atoms with Crippen LogP contribution in [0.25, 0.3) is 11.1 Å². The molecule has 4 aromatic rings. The highest BCUT2D eigenvalue weighted by molar-refractivity contribution is 6.64. The minimum Gasteiger partial charge on any atom is -0.447 e. The van der Waals surface area contributed by atoms with Crippen LogP contribution in [0, 0.1) is 20.8 Å². The van der Waals surface area contributed by atoms with E-state index in [1.165, 1.54) is 61.7 Å². The number of unbranched alkanes of at least 4 members (excludes halogenated alkanes) is 3. The van der Waals surface area contributed by atoms with Crippen LogP contribution in [-0.4, -0.2) is 17.7 Å². The summed E-state index contributed by atoms with van der Waals surface area (Å²) in [4.78, 5) is 11.4. The van der Waals surface area contributed by atoms with Gasteiger partial charge in [0.25, 0.3) is 0 Å². The molecule has 0 unspecified atom stereocenters. The molecule has 2 nitrogen and oxygen atoms in total. The zero-order chi connectivity index (χ0) is 34.6. The molecule has 0 aromatic heterocycles. The van der Waals surface area contributed by atoms with Crippen molar-refractivity contribution < 1.29 is 9.82 Å². The Hall–Kier alpha value is -4.21. The largest absolute Gasteiger partial charge is 0.447 e. The molecule has 248 valence electrons. The predicted molar refractivity (Wildman–Crippen MR) is 208 cm³/mol. The van der Waals surface area contributed by atoms with Crippen molar-refractivity contribution >= 4 is 29.3 Å². The molecule has 4 rings (SSSR count). The molecule has 0 fully saturated rings. The summed E-state index contributed by atoms with van der Waals surface area (Å²) in [6, 6.07) is 28.4. The summed E-state index contributed by atoms with van der Waals surface area (Å²) >= 11 is 0. The first-order valence-corrected chi connectivity index (χ1v) is 17.6. The fourth-order valence-electron chi connectivity index (χ4n) is 6.47. The van der Waals surface area contributed by atoms with E-state index in [9.17, 15) is 9.82 Å². The van der Waals surface area contributed by atoms with Crippen molar-refractivity contribution in [2.24, 2.45) is 0 Å². The highest BCUT2D eigenvalue weighted by atomic mass is 16.2. The summed E-state index contributed by atoms with van der Waals surface area (Å²) in [6.07, 6.45) is 11.1. The van der Waals surface area contributed by atoms with E-state index in [1.807, 2.05) is 12.1 Å². The second kappa shape index (κ2) is 17.8. The molecule has 0 aliphatic heterocycles. The van der Waals surface area contributed by atoms with Crippen LogP contribution < -0.4 is 5.46 Å². The maximum Gasteiger partial charge on any atom is 0.320 e. The molecule has 0 amide bonds. The molecule has 0 saturated heterocycles. The van der Waals surface area contributed by atoms with Gasteiger partial charge in [0, 0.05) is 6.42 Å². The van der Waals surface area contributed by atoms with Gasteiger partial charge in [-0.15, -0.1) is 0 Å². The Kier molecular flexibility index (Phi) is 13.6. The lowest BCUT2D eigenvalue weighted by Gasteiger charge is -2.19. The van der Waals surface area contributed by atoms with E-state index in [2.05, 4.69) is 107 Å². The average Bonchev–Trinajstić information content (AvgIpc) is 3.09. The molecule has 0 spiro atoms. The molecular weight excluding hydrogens is 583 g/mol. The molecule has 0 bridgehead atoms. The summed E-state index contributed by atoms with van der Waals surface area (Å²) in [5, 5.41) is 9.75. The van der Waals surface area contributed by atoms with E-state index in [0.717, 1.165) is 74.4 Å². The van der Waals surface area contributed by atoms with Crippen molar-refractivity contribution in [3.63, 3.8) is 0 Å². The van der Waals surface area contributed by atoms with Gasteiger partial charge in [0.1, 0.15) is 0 Å². The minimum atomic E-state index is -0.427. The fourth-order valence-corrected chi connectivity index (χ4v) is 6.47. The number of carbonyl (C=O) groups is 1. The summed E-state index contributed by atoms with van der Waals surface area (Å²) in [6.45, 7) is 20.6. The lowest BCUT2D eigenvalue weighted by molar-refractivity contribution is -0.114. The predicted octanol–water partition coefficient (Wildman–Crippen LogP) is 9.98. The third kappa shape index (κ3) is 10.4. The minimum absolute atomic E-state index is 0.149. The number of aryl methyl sites for hydroxylation is 4. The normalized spacial score (nSPS) is 10.9. The first-order chi connectivity index (χ1) is 23.0. The van der Waals surface area contributed by atoms with Crippen molar-refractivity contribution in [2.45, 2.75) is 91.8 Å². The van der Waals surface area contributed by atoms with Crippen LogP contribution in [0.1, 0.15) is 87.7 Å². The summed E-state index contributed by atoms with van der Waals surface area (Å²) in [7, 11) is 0. The maximum atomic E-state index is 11.4. The Morgan fingerprint density at radius 1 is 0.688 bits per heavy atom. The molecular formula is C45H53BO2. The monoisotopic (exact) mass is 636 g/mol. The van der Waals surface area contributed by atoms with Gasteiger partial charge in [0.2, 0.25) is 0 Å². The van der Waals surface area contributed by atoms with Gasteiger partial charge < -0.3 is 5.02 Å². The van der Waals surface area contributed by atoms with Crippen molar-refractivity contribution in [3.8, 4) is 0 Å². The second-order valence-electron chi connectivity index (χ2n) is 13.5. The molecule has 0 saturated carbocycles. The number of benzene rings is 4. The van der Waals surface area contributed by atoms with Crippen molar-refractivity contribution in [3.05, 3.63) is 160 Å². The van der Waals surface area contributed by atoms with Crippen LogP contribution in [0.2, 0.25) is 6.82 Å². The maximum absolute atomic E-state index is 11.4. The molecule has 4 aromatic carbocycles. The first-order valence-electron chi connectivity index (χ1n) is 17.6. The van der Waals surface area contributed by atoms with Crippen molar-refractivity contribution in [1.82, 2.24) is 0 Å². The third-order valence-electron chi connectivity index (χ3n) is 9.91. The fraction of sp³-hybridized carbons (Fsp3) is 0.311. The molecule has 0 radical (unpaired) electrons. The third-order valence-corrected chi connectivity index (χ3v) is 9.91. The zero-order valence-electron chi connectivity index (χ0n) is 29.7. The molecule has 48 heavy (non-hydrogen) atoms. The topological polar surface area (TPSA) is 37.3 Å². The average molecular weight is 637 g/mol. The van der Waals surface area contributed by atoms with Crippen LogP contribution in [0.5, 0.6) is 0 Å². The Morgan fingerprint density at radius 2 is 1.19 bits per heavy atom. The Balaban J connectivity index is 1.30. The lowest BCUT2D eigenvalue weighted by Crippen LogP contribution is -2.25. The first kappa shape index (κ1) is 36.6. The lowest BCUT2D eigenvalue weighted by atomic mass is 9.64. The number of carbonyl (C=O) groups excluding carboxylic acids is 1. The van der Waals surface area contributed by atoms with Crippen molar-refractivity contribution in [1.29, 1.82) is 0 Å². The van der Waals surface area contributed by atoms with Gasteiger partial charge >= 0.3 is 6.92 Å². The van der Waals surface area contributed by atoms with Crippen LogP contribution in [0.4, 0.5) is 0 Å². The number of allylic oxidation sites excluding steroid dienone is 3. The van der Waals surface area contributed by atoms with E-state index in [0.29, 0.717) is 6.42 Å². The summed E-state index contributed by atoms with van der Waals surface area (Å²) in [5.74, 6) is 0.149. The zero-order valence-corrected chi connectivity index (χ0v) is 29.7. The number of ketones is 1. The molecule has 1 N–H and O–H groups in total. The Morgan fingerprint density at radius 3 is 1.73 bits per heavy atom. The van der Waals surface area contributed by atoms with Gasteiger partial charge in [-0.3, -0.25) is 4.79 Å². The van der Waals surface area contributed by atoms with Gasteiger partial charge in [-0.1, -0.05) is 118 Å². The highest BCUT2D eigenvalue weighted by Crippen LogP contribution is 2.30. The van der Waals surface area contributed by atoms with Crippen LogP contribution >= 0.6 is 0 Å². The Labute approximate surface area is 290 Å². The summed E-state index contributed by atoms with van der Waals surface area (Å²) < 4.78 is 0. The smallest absolute Gasteiger partial charge is 0.320 e. The van der Waals surface area contributed by atoms with Crippen LogP contribution in [0.15, 0.2) is 105 Å². The number of rotatable bonds is 18. The molecule has 3 heteroatoms. The van der Waals surface area contributed by atoms with Crippen LogP contribution in [-0.2, 0) is 36.9 Å². The van der Waals surface area contributed by atoms with E-state index in [4.69, 9.17) is 0 Å². The van der Waals surface area contributed by atoms with Gasteiger partial charge in [-0.05, 0) is 144 Å². The van der Waals surface area contributed by atoms with Gasteiger partial charge in [0.15, 0.2) is 5.78 Å². The van der Waals surface area contributed by atoms with Crippen molar-refractivity contribution in [2.75, 3.05) is 0 Å². The molecule has 0 atom stereocenters. The quantitative estimate of drug-likeness (QED) is 0.0671. The van der Waals surface area contributed by atoms with E-state index in [-0.39, 0.29) is 5.78 Å². The Bertz CT molecular complexity index is 1710. The standard InChI is InChI=1S/C45H53BO2/c1-8-44(47)14-12-10-9-11-13-37-17-23-40(24-18-37)32(2)29-42-30-34(4)45(36(6)35(42)5)31-33(3)41-25-19-38(20-26-41)15-16-39-21-27-43(28-22-39)46(7)48/h8,17-28,30,48H,1-3,9-16,29,31H2,4-7H3. The SMILES string of the molecule is C=CC(=O)CCCCCCc1ccc(C(=C)Cc2cc(C)c(CC(=C)c3ccc(CCc4ccc(B(C)O)cc4)cc3)c(C)c2C)cc1.